The molecule has 0 aliphatic carbocycles. The van der Waals surface area contributed by atoms with Crippen LogP contribution in [-0.2, 0) is 9.47 Å². The number of benzene rings is 1. The molecule has 0 radical (unpaired) electrons. The Morgan fingerprint density at radius 1 is 1.47 bits per heavy atom. The normalized spacial score (nSPS) is 23.4. The van der Waals surface area contributed by atoms with Gasteiger partial charge in [-0.25, -0.2) is 10.8 Å². The van der Waals surface area contributed by atoms with Crippen LogP contribution in [-0.4, -0.2) is 38.4 Å². The number of hydrazine groups is 1. The summed E-state index contributed by atoms with van der Waals surface area (Å²) in [5, 5.41) is 3.11. The van der Waals surface area contributed by atoms with Crippen molar-refractivity contribution in [3.8, 4) is 0 Å². The molecular weight excluding hydrogens is 244 g/mol. The van der Waals surface area contributed by atoms with E-state index in [1.807, 2.05) is 30.3 Å². The molecule has 104 valence electrons. The van der Waals surface area contributed by atoms with Crippen LogP contribution in [0.1, 0.15) is 6.42 Å². The Bertz CT molecular complexity index is 416. The van der Waals surface area contributed by atoms with Crippen LogP contribution in [0.15, 0.2) is 35.3 Å². The van der Waals surface area contributed by atoms with E-state index in [4.69, 9.17) is 15.3 Å². The molecule has 1 fully saturated rings. The van der Waals surface area contributed by atoms with E-state index < -0.39 is 0 Å². The average Bonchev–Trinajstić information content (AvgIpc) is 2.94. The van der Waals surface area contributed by atoms with Crippen LogP contribution in [0.2, 0.25) is 0 Å². The Hall–Kier alpha value is -1.63. The number of nitrogens with one attached hydrogen (secondary N) is 2. The fraction of sp³-hybridized carbons (Fsp3) is 0.462. The minimum atomic E-state index is -0.333. The monoisotopic (exact) mass is 264 g/mol. The zero-order chi connectivity index (χ0) is 13.6. The van der Waals surface area contributed by atoms with Gasteiger partial charge in [-0.05, 0) is 12.1 Å². The fourth-order valence-corrected chi connectivity index (χ4v) is 1.94. The number of para-hydroxylation sites is 1. The summed E-state index contributed by atoms with van der Waals surface area (Å²) in [6.07, 6.45) is 0.843. The van der Waals surface area contributed by atoms with Gasteiger partial charge in [-0.3, -0.25) is 5.43 Å². The zero-order valence-corrected chi connectivity index (χ0v) is 11.1. The lowest BCUT2D eigenvalue weighted by Gasteiger charge is -2.23. The third kappa shape index (κ3) is 3.66. The van der Waals surface area contributed by atoms with Crippen molar-refractivity contribution >= 4 is 11.6 Å². The van der Waals surface area contributed by atoms with Crippen molar-refractivity contribution in [2.45, 2.75) is 12.0 Å². The standard InChI is InChI=1S/C13H20N4O2/c1-18-13(7-8-19-10-13)9-15-12(17-14)16-11-5-3-2-4-6-11/h2-6H,7-10,14H2,1H3,(H2,15,16,17). The van der Waals surface area contributed by atoms with E-state index in [1.165, 1.54) is 0 Å². The number of nitrogens with two attached hydrogens (primary N) is 1. The van der Waals surface area contributed by atoms with Crippen molar-refractivity contribution in [2.75, 3.05) is 32.2 Å². The second-order valence-electron chi connectivity index (χ2n) is 4.49. The maximum atomic E-state index is 5.52. The Morgan fingerprint density at radius 3 is 2.84 bits per heavy atom. The summed E-state index contributed by atoms with van der Waals surface area (Å²) in [6.45, 7) is 1.78. The number of nitrogens with zero attached hydrogens (tertiary/aromatic N) is 1. The van der Waals surface area contributed by atoms with E-state index in [0.29, 0.717) is 25.7 Å². The number of guanidine groups is 1. The van der Waals surface area contributed by atoms with E-state index in [-0.39, 0.29) is 5.60 Å². The molecule has 1 saturated heterocycles. The van der Waals surface area contributed by atoms with Gasteiger partial charge >= 0.3 is 0 Å². The number of hydrogen-bond donors (Lipinski definition) is 3. The van der Waals surface area contributed by atoms with Crippen LogP contribution in [0, 0.1) is 0 Å². The largest absolute Gasteiger partial charge is 0.378 e. The molecule has 0 saturated carbocycles. The predicted octanol–water partition coefficient (Wildman–Crippen LogP) is 0.723. The highest BCUT2D eigenvalue weighted by Gasteiger charge is 2.34. The van der Waals surface area contributed by atoms with Crippen molar-refractivity contribution in [2.24, 2.45) is 10.8 Å². The summed E-state index contributed by atoms with van der Waals surface area (Å²) in [5.74, 6) is 5.98. The van der Waals surface area contributed by atoms with Gasteiger partial charge in [0.2, 0.25) is 5.96 Å². The second kappa shape index (κ2) is 6.51. The highest BCUT2D eigenvalue weighted by molar-refractivity contribution is 5.93. The lowest BCUT2D eigenvalue weighted by molar-refractivity contribution is -0.00903. The molecule has 1 aliphatic rings. The molecule has 2 rings (SSSR count). The Morgan fingerprint density at radius 2 is 2.26 bits per heavy atom. The predicted molar refractivity (Wildman–Crippen MR) is 74.9 cm³/mol. The van der Waals surface area contributed by atoms with E-state index >= 15 is 0 Å². The van der Waals surface area contributed by atoms with Crippen LogP contribution >= 0.6 is 0 Å². The molecule has 1 unspecified atom stereocenters. The number of hydrogen-bond acceptors (Lipinski definition) is 4. The highest BCUT2D eigenvalue weighted by Crippen LogP contribution is 2.22. The van der Waals surface area contributed by atoms with Gasteiger partial charge in [-0.2, -0.15) is 0 Å². The van der Waals surface area contributed by atoms with Crippen molar-refractivity contribution in [1.82, 2.24) is 5.43 Å². The van der Waals surface area contributed by atoms with E-state index in [2.05, 4.69) is 15.7 Å². The molecule has 19 heavy (non-hydrogen) atoms. The molecule has 1 heterocycles. The molecular formula is C13H20N4O2. The van der Waals surface area contributed by atoms with Gasteiger partial charge in [0.15, 0.2) is 0 Å². The first-order valence-electron chi connectivity index (χ1n) is 6.24. The quantitative estimate of drug-likeness (QED) is 0.323. The maximum Gasteiger partial charge on any atom is 0.210 e. The number of rotatable bonds is 4. The first-order valence-corrected chi connectivity index (χ1v) is 6.24. The summed E-state index contributed by atoms with van der Waals surface area (Å²) < 4.78 is 10.9. The van der Waals surface area contributed by atoms with Gasteiger partial charge in [0, 0.05) is 25.8 Å². The lowest BCUT2D eigenvalue weighted by Crippen LogP contribution is -2.40. The van der Waals surface area contributed by atoms with E-state index in [1.54, 1.807) is 7.11 Å². The molecule has 1 aliphatic heterocycles. The molecule has 1 aromatic rings. The second-order valence-corrected chi connectivity index (χ2v) is 4.49. The van der Waals surface area contributed by atoms with E-state index in [0.717, 1.165) is 12.1 Å². The van der Waals surface area contributed by atoms with Crippen LogP contribution in [0.3, 0.4) is 0 Å². The van der Waals surface area contributed by atoms with Gasteiger partial charge in [0.25, 0.3) is 0 Å². The van der Waals surface area contributed by atoms with Crippen molar-refractivity contribution in [1.29, 1.82) is 0 Å². The molecule has 0 spiro atoms. The average molecular weight is 264 g/mol. The smallest absolute Gasteiger partial charge is 0.210 e. The van der Waals surface area contributed by atoms with Crippen molar-refractivity contribution in [3.05, 3.63) is 30.3 Å². The van der Waals surface area contributed by atoms with Crippen LogP contribution in [0.4, 0.5) is 5.69 Å². The molecule has 0 amide bonds. The summed E-state index contributed by atoms with van der Waals surface area (Å²) in [5.41, 5.74) is 3.15. The van der Waals surface area contributed by atoms with Crippen LogP contribution < -0.4 is 16.6 Å². The van der Waals surface area contributed by atoms with Gasteiger partial charge in [0.05, 0.1) is 13.2 Å². The minimum Gasteiger partial charge on any atom is -0.378 e. The Labute approximate surface area is 113 Å². The molecule has 0 aromatic heterocycles. The lowest BCUT2D eigenvalue weighted by atomic mass is 10.0. The molecule has 4 N–H and O–H groups in total. The van der Waals surface area contributed by atoms with Gasteiger partial charge in [0.1, 0.15) is 5.60 Å². The molecule has 6 nitrogen and oxygen atoms in total. The Balaban J connectivity index is 1.99. The summed E-state index contributed by atoms with van der Waals surface area (Å²) in [4.78, 5) is 4.43. The van der Waals surface area contributed by atoms with Gasteiger partial charge in [-0.1, -0.05) is 18.2 Å². The maximum absolute atomic E-state index is 5.52. The number of methoxy groups -OCH3 is 1. The molecule has 1 aromatic carbocycles. The van der Waals surface area contributed by atoms with Gasteiger partial charge < -0.3 is 14.8 Å². The number of ether oxygens (including phenoxy) is 2. The summed E-state index contributed by atoms with van der Waals surface area (Å²) in [6, 6.07) is 9.72. The summed E-state index contributed by atoms with van der Waals surface area (Å²) in [7, 11) is 1.68. The minimum absolute atomic E-state index is 0.333. The van der Waals surface area contributed by atoms with E-state index in [9.17, 15) is 0 Å². The molecule has 0 bridgehead atoms. The van der Waals surface area contributed by atoms with Crippen molar-refractivity contribution < 1.29 is 9.47 Å². The first-order chi connectivity index (χ1) is 9.28. The molecule has 1 atom stereocenters. The third-order valence-electron chi connectivity index (χ3n) is 3.20. The number of aliphatic imine (C=N–C) groups is 1. The SMILES string of the molecule is COC1(CN=C(NN)Nc2ccccc2)CCOC1. The van der Waals surface area contributed by atoms with Crippen molar-refractivity contribution in [3.63, 3.8) is 0 Å². The first kappa shape index (κ1) is 13.8. The topological polar surface area (TPSA) is 80.9 Å². The zero-order valence-electron chi connectivity index (χ0n) is 11.1. The third-order valence-corrected chi connectivity index (χ3v) is 3.20. The summed E-state index contributed by atoms with van der Waals surface area (Å²) >= 11 is 0. The highest BCUT2D eigenvalue weighted by atomic mass is 16.5. The van der Waals surface area contributed by atoms with Crippen LogP contribution in [0.5, 0.6) is 0 Å². The Kier molecular flexibility index (Phi) is 4.73. The number of anilines is 1. The van der Waals surface area contributed by atoms with Crippen LogP contribution in [0.25, 0.3) is 0 Å². The van der Waals surface area contributed by atoms with Gasteiger partial charge in [-0.15, -0.1) is 0 Å². The fourth-order valence-electron chi connectivity index (χ4n) is 1.94. The molecule has 6 heteroatoms.